The highest BCUT2D eigenvalue weighted by Gasteiger charge is 2.20. The molecule has 0 aliphatic rings. The largest absolute Gasteiger partial charge is 0.452 e. The van der Waals surface area contributed by atoms with Crippen LogP contribution in [0.5, 0.6) is 0 Å². The third-order valence-electron chi connectivity index (χ3n) is 2.60. The van der Waals surface area contributed by atoms with Crippen molar-refractivity contribution in [2.75, 3.05) is 13.7 Å². The number of halogens is 1. The number of carbonyl (C=O) groups is 1. The first-order valence-electron chi connectivity index (χ1n) is 5.62. The van der Waals surface area contributed by atoms with Crippen LogP contribution >= 0.6 is 15.9 Å². The van der Waals surface area contributed by atoms with Gasteiger partial charge in [0.05, 0.1) is 7.11 Å². The van der Waals surface area contributed by atoms with E-state index >= 15 is 0 Å². The number of hydrogen-bond donors (Lipinski definition) is 1. The maximum atomic E-state index is 11.8. The molecule has 1 aromatic heterocycles. The van der Waals surface area contributed by atoms with Crippen molar-refractivity contribution < 1.29 is 14.6 Å². The minimum absolute atomic E-state index is 0.107. The Bertz CT molecular complexity index is 399. The Morgan fingerprint density at radius 2 is 2.24 bits per heavy atom. The van der Waals surface area contributed by atoms with Crippen molar-refractivity contribution in [1.29, 1.82) is 0 Å². The lowest BCUT2D eigenvalue weighted by molar-refractivity contribution is 0.170. The Labute approximate surface area is 110 Å². The zero-order valence-electron chi connectivity index (χ0n) is 10.4. The summed E-state index contributed by atoms with van der Waals surface area (Å²) in [7, 11) is 1.37. The summed E-state index contributed by atoms with van der Waals surface area (Å²) in [5.41, 5.74) is 1.77. The molecule has 0 fully saturated rings. The molecule has 0 aromatic carbocycles. The van der Waals surface area contributed by atoms with Gasteiger partial charge in [-0.05, 0) is 40.8 Å². The number of methoxy groups -OCH3 is 1. The molecule has 0 spiro atoms. The van der Waals surface area contributed by atoms with Crippen molar-refractivity contribution in [3.05, 3.63) is 21.9 Å². The molecule has 1 aromatic rings. The van der Waals surface area contributed by atoms with Gasteiger partial charge in [-0.2, -0.15) is 0 Å². The summed E-state index contributed by atoms with van der Waals surface area (Å²) in [6, 6.07) is 1.94. The van der Waals surface area contributed by atoms with Gasteiger partial charge in [0.25, 0.3) is 0 Å². The predicted octanol–water partition coefficient (Wildman–Crippen LogP) is 2.91. The van der Waals surface area contributed by atoms with E-state index in [0.29, 0.717) is 12.8 Å². The Morgan fingerprint density at radius 3 is 2.71 bits per heavy atom. The predicted molar refractivity (Wildman–Crippen MR) is 69.4 cm³/mol. The highest BCUT2D eigenvalue weighted by Crippen LogP contribution is 2.28. The van der Waals surface area contributed by atoms with Crippen LogP contribution < -0.4 is 0 Å². The Balaban J connectivity index is 3.21. The minimum atomic E-state index is -0.382. The van der Waals surface area contributed by atoms with Gasteiger partial charge in [0.15, 0.2) is 0 Å². The molecule has 0 atom stereocenters. The van der Waals surface area contributed by atoms with Crippen molar-refractivity contribution in [2.45, 2.75) is 32.6 Å². The van der Waals surface area contributed by atoms with Gasteiger partial charge in [-0.15, -0.1) is 0 Å². The SMILES string of the molecule is COC(=O)n1c(C(C)C)cc(Br)c1CCCO. The molecule has 0 aliphatic carbocycles. The van der Waals surface area contributed by atoms with Crippen molar-refractivity contribution in [1.82, 2.24) is 4.57 Å². The van der Waals surface area contributed by atoms with Crippen molar-refractivity contribution in [3.63, 3.8) is 0 Å². The van der Waals surface area contributed by atoms with Crippen LogP contribution in [-0.2, 0) is 11.2 Å². The molecule has 5 heteroatoms. The molecule has 0 bridgehead atoms. The van der Waals surface area contributed by atoms with Gasteiger partial charge < -0.3 is 9.84 Å². The van der Waals surface area contributed by atoms with E-state index in [0.717, 1.165) is 15.9 Å². The van der Waals surface area contributed by atoms with E-state index in [2.05, 4.69) is 15.9 Å². The second-order valence-corrected chi connectivity index (χ2v) is 5.01. The number of aliphatic hydroxyl groups is 1. The summed E-state index contributed by atoms with van der Waals surface area (Å²) in [6.07, 6.45) is 0.878. The molecule has 0 saturated carbocycles. The first-order chi connectivity index (χ1) is 8.02. The number of carbonyl (C=O) groups excluding carboxylic acids is 1. The molecule has 1 heterocycles. The van der Waals surface area contributed by atoms with Gasteiger partial charge in [0.2, 0.25) is 0 Å². The Kier molecular flexibility index (Phi) is 5.21. The summed E-state index contributed by atoms with van der Waals surface area (Å²) in [5.74, 6) is 0.230. The zero-order chi connectivity index (χ0) is 13.0. The fraction of sp³-hybridized carbons (Fsp3) is 0.583. The first-order valence-corrected chi connectivity index (χ1v) is 6.41. The van der Waals surface area contributed by atoms with Gasteiger partial charge in [0, 0.05) is 22.5 Å². The number of rotatable bonds is 4. The summed E-state index contributed by atoms with van der Waals surface area (Å²) in [5, 5.41) is 8.88. The lowest BCUT2D eigenvalue weighted by atomic mass is 10.1. The second-order valence-electron chi connectivity index (χ2n) is 4.15. The van der Waals surface area contributed by atoms with Crippen LogP contribution in [-0.4, -0.2) is 29.5 Å². The number of hydrogen-bond acceptors (Lipinski definition) is 3. The lowest BCUT2D eigenvalue weighted by Crippen LogP contribution is -2.18. The summed E-state index contributed by atoms with van der Waals surface area (Å²) < 4.78 is 7.28. The maximum Gasteiger partial charge on any atom is 0.418 e. The van der Waals surface area contributed by atoms with E-state index < -0.39 is 0 Å². The molecule has 17 heavy (non-hydrogen) atoms. The van der Waals surface area contributed by atoms with Crippen molar-refractivity contribution in [3.8, 4) is 0 Å². The van der Waals surface area contributed by atoms with Crippen molar-refractivity contribution in [2.24, 2.45) is 0 Å². The van der Waals surface area contributed by atoms with Crippen molar-refractivity contribution >= 4 is 22.0 Å². The smallest absolute Gasteiger partial charge is 0.418 e. The van der Waals surface area contributed by atoms with E-state index in [1.54, 1.807) is 4.57 Å². The second kappa shape index (κ2) is 6.21. The van der Waals surface area contributed by atoms with Gasteiger partial charge in [-0.1, -0.05) is 13.8 Å². The molecule has 0 unspecified atom stereocenters. The van der Waals surface area contributed by atoms with E-state index in [1.165, 1.54) is 7.11 Å². The molecule has 4 nitrogen and oxygen atoms in total. The van der Waals surface area contributed by atoms with Crippen LogP contribution in [0.1, 0.15) is 37.6 Å². The van der Waals surface area contributed by atoms with Gasteiger partial charge in [-0.3, -0.25) is 4.57 Å². The van der Waals surface area contributed by atoms with Crippen LogP contribution in [0, 0.1) is 0 Å². The van der Waals surface area contributed by atoms with Gasteiger partial charge in [-0.25, -0.2) is 4.79 Å². The third-order valence-corrected chi connectivity index (χ3v) is 3.29. The lowest BCUT2D eigenvalue weighted by Gasteiger charge is -2.12. The van der Waals surface area contributed by atoms with Crippen LogP contribution in [0.15, 0.2) is 10.5 Å². The molecule has 0 saturated heterocycles. The zero-order valence-corrected chi connectivity index (χ0v) is 12.0. The number of ether oxygens (including phenoxy) is 1. The van der Waals surface area contributed by atoms with Crippen LogP contribution in [0.3, 0.4) is 0 Å². The molecular weight excluding hydrogens is 286 g/mol. The normalized spacial score (nSPS) is 10.9. The standard InChI is InChI=1S/C12H18BrNO3/c1-8(2)11-7-9(13)10(5-4-6-15)14(11)12(16)17-3/h7-8,15H,4-6H2,1-3H3. The number of aliphatic hydroxyl groups excluding tert-OH is 1. The van der Waals surface area contributed by atoms with Crippen LogP contribution in [0.2, 0.25) is 0 Å². The minimum Gasteiger partial charge on any atom is -0.452 e. The topological polar surface area (TPSA) is 51.5 Å². The van der Waals surface area contributed by atoms with Gasteiger partial charge >= 0.3 is 6.09 Å². The highest BCUT2D eigenvalue weighted by atomic mass is 79.9. The van der Waals surface area contributed by atoms with E-state index in [9.17, 15) is 4.79 Å². The fourth-order valence-electron chi connectivity index (χ4n) is 1.75. The van der Waals surface area contributed by atoms with Crippen LogP contribution in [0.4, 0.5) is 4.79 Å². The average Bonchev–Trinajstić information content (AvgIpc) is 2.63. The van der Waals surface area contributed by atoms with E-state index in [4.69, 9.17) is 9.84 Å². The average molecular weight is 304 g/mol. The molecule has 1 N–H and O–H groups in total. The Morgan fingerprint density at radius 1 is 1.59 bits per heavy atom. The number of aromatic nitrogens is 1. The Hall–Kier alpha value is -0.810. The molecular formula is C12H18BrNO3. The molecule has 1 rings (SSSR count). The van der Waals surface area contributed by atoms with Crippen LogP contribution in [0.25, 0.3) is 0 Å². The quantitative estimate of drug-likeness (QED) is 0.930. The molecule has 0 radical (unpaired) electrons. The first kappa shape index (κ1) is 14.3. The van der Waals surface area contributed by atoms with E-state index in [-0.39, 0.29) is 18.6 Å². The monoisotopic (exact) mass is 303 g/mol. The van der Waals surface area contributed by atoms with Gasteiger partial charge in [0.1, 0.15) is 0 Å². The maximum absolute atomic E-state index is 11.8. The summed E-state index contributed by atoms with van der Waals surface area (Å²) in [6.45, 7) is 4.16. The molecule has 0 amide bonds. The fourth-order valence-corrected chi connectivity index (χ4v) is 2.36. The molecule has 96 valence electrons. The number of nitrogens with zero attached hydrogens (tertiary/aromatic N) is 1. The van der Waals surface area contributed by atoms with E-state index in [1.807, 2.05) is 19.9 Å². The third kappa shape index (κ3) is 3.10. The summed E-state index contributed by atoms with van der Waals surface area (Å²) in [4.78, 5) is 11.8. The highest BCUT2D eigenvalue weighted by molar-refractivity contribution is 9.10. The summed E-state index contributed by atoms with van der Waals surface area (Å²) >= 11 is 3.45. The molecule has 0 aliphatic heterocycles.